The SMILES string of the molecule is COCCCNC(=O)CSc1nc(-c2ccco2)nc2ccccc12. The Balaban J connectivity index is 1.74. The molecule has 0 radical (unpaired) electrons. The Hall–Kier alpha value is -2.38. The maximum atomic E-state index is 12.0. The maximum absolute atomic E-state index is 12.0. The number of rotatable bonds is 8. The highest BCUT2D eigenvalue weighted by atomic mass is 32.2. The minimum Gasteiger partial charge on any atom is -0.461 e. The number of furan rings is 1. The summed E-state index contributed by atoms with van der Waals surface area (Å²) in [6, 6.07) is 11.4. The van der Waals surface area contributed by atoms with Crippen LogP contribution in [0.15, 0.2) is 52.1 Å². The van der Waals surface area contributed by atoms with Gasteiger partial charge in [0.25, 0.3) is 0 Å². The first kappa shape index (κ1) is 17.4. The number of nitrogens with zero attached hydrogens (tertiary/aromatic N) is 2. The molecule has 2 aromatic heterocycles. The number of thioether (sulfide) groups is 1. The summed E-state index contributed by atoms with van der Waals surface area (Å²) in [6.07, 6.45) is 2.39. The number of fused-ring (bicyclic) bond motifs is 1. The van der Waals surface area contributed by atoms with Crippen LogP contribution in [0.5, 0.6) is 0 Å². The Morgan fingerprint density at radius 1 is 1.24 bits per heavy atom. The molecule has 0 fully saturated rings. The second-order valence-electron chi connectivity index (χ2n) is 5.33. The van der Waals surface area contributed by atoms with Gasteiger partial charge in [0.05, 0.1) is 17.5 Å². The summed E-state index contributed by atoms with van der Waals surface area (Å²) in [4.78, 5) is 21.1. The summed E-state index contributed by atoms with van der Waals surface area (Å²) in [5.74, 6) is 1.40. The van der Waals surface area contributed by atoms with Crippen LogP contribution >= 0.6 is 11.8 Å². The van der Waals surface area contributed by atoms with Gasteiger partial charge >= 0.3 is 0 Å². The van der Waals surface area contributed by atoms with Gasteiger partial charge in [0.2, 0.25) is 5.91 Å². The molecule has 2 heterocycles. The number of benzene rings is 1. The van der Waals surface area contributed by atoms with Crippen LogP contribution in [0.25, 0.3) is 22.5 Å². The molecular formula is C18H19N3O3S. The standard InChI is InChI=1S/C18H19N3O3S/c1-23-10-5-9-19-16(22)12-25-18-13-6-2-3-7-14(13)20-17(21-18)15-8-4-11-24-15/h2-4,6-8,11H,5,9-10,12H2,1H3,(H,19,22). The fourth-order valence-corrected chi connectivity index (χ4v) is 3.15. The van der Waals surface area contributed by atoms with Crippen molar-refractivity contribution in [3.63, 3.8) is 0 Å². The predicted molar refractivity (Wildman–Crippen MR) is 97.5 cm³/mol. The molecule has 0 bridgehead atoms. The van der Waals surface area contributed by atoms with Gasteiger partial charge in [-0.3, -0.25) is 4.79 Å². The number of para-hydroxylation sites is 1. The fourth-order valence-electron chi connectivity index (χ4n) is 2.30. The Bertz CT molecular complexity index is 837. The van der Waals surface area contributed by atoms with E-state index >= 15 is 0 Å². The highest BCUT2D eigenvalue weighted by Gasteiger charge is 2.12. The van der Waals surface area contributed by atoms with E-state index in [1.54, 1.807) is 19.4 Å². The Morgan fingerprint density at radius 2 is 2.12 bits per heavy atom. The molecule has 1 amide bonds. The minimum absolute atomic E-state index is 0.0247. The van der Waals surface area contributed by atoms with Crippen molar-refractivity contribution in [1.29, 1.82) is 0 Å². The monoisotopic (exact) mass is 357 g/mol. The molecule has 0 unspecified atom stereocenters. The van der Waals surface area contributed by atoms with Gasteiger partial charge in [0.1, 0.15) is 5.03 Å². The van der Waals surface area contributed by atoms with Gasteiger partial charge in [-0.25, -0.2) is 9.97 Å². The van der Waals surface area contributed by atoms with Gasteiger partial charge < -0.3 is 14.5 Å². The fraction of sp³-hybridized carbons (Fsp3) is 0.278. The van der Waals surface area contributed by atoms with Crippen molar-refractivity contribution in [3.8, 4) is 11.6 Å². The zero-order valence-electron chi connectivity index (χ0n) is 13.9. The van der Waals surface area contributed by atoms with E-state index in [4.69, 9.17) is 9.15 Å². The molecule has 0 aliphatic carbocycles. The highest BCUT2D eigenvalue weighted by molar-refractivity contribution is 8.00. The lowest BCUT2D eigenvalue weighted by atomic mass is 10.2. The quantitative estimate of drug-likeness (QED) is 0.379. The van der Waals surface area contributed by atoms with Crippen molar-refractivity contribution in [3.05, 3.63) is 42.7 Å². The number of hydrogen-bond donors (Lipinski definition) is 1. The Kier molecular flexibility index (Phi) is 6.03. The average molecular weight is 357 g/mol. The molecule has 130 valence electrons. The lowest BCUT2D eigenvalue weighted by molar-refractivity contribution is -0.118. The lowest BCUT2D eigenvalue weighted by Crippen LogP contribution is -2.26. The first-order chi connectivity index (χ1) is 12.3. The average Bonchev–Trinajstić information content (AvgIpc) is 3.18. The first-order valence-corrected chi connectivity index (χ1v) is 8.95. The van der Waals surface area contributed by atoms with E-state index in [2.05, 4.69) is 15.3 Å². The number of carbonyl (C=O) groups is 1. The van der Waals surface area contributed by atoms with E-state index in [1.807, 2.05) is 30.3 Å². The van der Waals surface area contributed by atoms with E-state index in [-0.39, 0.29) is 5.91 Å². The molecule has 3 rings (SSSR count). The van der Waals surface area contributed by atoms with E-state index in [0.29, 0.717) is 30.5 Å². The van der Waals surface area contributed by atoms with E-state index in [1.165, 1.54) is 11.8 Å². The van der Waals surface area contributed by atoms with Gasteiger partial charge in [0.15, 0.2) is 11.6 Å². The Morgan fingerprint density at radius 3 is 2.92 bits per heavy atom. The summed E-state index contributed by atoms with van der Waals surface area (Å²) in [6.45, 7) is 1.24. The van der Waals surface area contributed by atoms with Crippen molar-refractivity contribution in [2.45, 2.75) is 11.4 Å². The number of aromatic nitrogens is 2. The number of hydrogen-bond acceptors (Lipinski definition) is 6. The number of ether oxygens (including phenoxy) is 1. The van der Waals surface area contributed by atoms with Crippen molar-refractivity contribution < 1.29 is 13.9 Å². The van der Waals surface area contributed by atoms with Gasteiger partial charge in [-0.2, -0.15) is 0 Å². The summed E-state index contributed by atoms with van der Waals surface area (Å²) in [5, 5.41) is 4.57. The molecule has 0 saturated carbocycles. The van der Waals surface area contributed by atoms with Crippen molar-refractivity contribution in [1.82, 2.24) is 15.3 Å². The zero-order chi connectivity index (χ0) is 17.5. The molecule has 1 N–H and O–H groups in total. The molecule has 0 aliphatic heterocycles. The van der Waals surface area contributed by atoms with Gasteiger partial charge in [0, 0.05) is 25.6 Å². The highest BCUT2D eigenvalue weighted by Crippen LogP contribution is 2.28. The third kappa shape index (κ3) is 4.58. The molecule has 0 saturated heterocycles. The molecule has 0 aliphatic rings. The van der Waals surface area contributed by atoms with Crippen LogP contribution in [0.1, 0.15) is 6.42 Å². The largest absolute Gasteiger partial charge is 0.461 e. The topological polar surface area (TPSA) is 77.2 Å². The third-order valence-corrected chi connectivity index (χ3v) is 4.49. The summed E-state index contributed by atoms with van der Waals surface area (Å²) in [5.41, 5.74) is 0.826. The summed E-state index contributed by atoms with van der Waals surface area (Å²) >= 11 is 1.40. The van der Waals surface area contributed by atoms with Gasteiger partial charge in [-0.1, -0.05) is 30.0 Å². The van der Waals surface area contributed by atoms with Crippen LogP contribution in [0.2, 0.25) is 0 Å². The van der Waals surface area contributed by atoms with E-state index < -0.39 is 0 Å². The minimum atomic E-state index is -0.0247. The zero-order valence-corrected chi connectivity index (χ0v) is 14.7. The van der Waals surface area contributed by atoms with E-state index in [0.717, 1.165) is 22.3 Å². The molecule has 0 atom stereocenters. The van der Waals surface area contributed by atoms with Crippen LogP contribution < -0.4 is 5.32 Å². The number of amides is 1. The second-order valence-corrected chi connectivity index (χ2v) is 6.30. The molecule has 6 nitrogen and oxygen atoms in total. The van der Waals surface area contributed by atoms with Crippen molar-refractivity contribution in [2.24, 2.45) is 0 Å². The van der Waals surface area contributed by atoms with Crippen molar-refractivity contribution >= 4 is 28.6 Å². The van der Waals surface area contributed by atoms with Crippen LogP contribution in [0, 0.1) is 0 Å². The lowest BCUT2D eigenvalue weighted by Gasteiger charge is -2.08. The second kappa shape index (κ2) is 8.64. The van der Waals surface area contributed by atoms with Crippen LogP contribution in [0.4, 0.5) is 0 Å². The summed E-state index contributed by atoms with van der Waals surface area (Å²) < 4.78 is 10.4. The molecule has 1 aromatic carbocycles. The smallest absolute Gasteiger partial charge is 0.230 e. The third-order valence-electron chi connectivity index (χ3n) is 3.50. The van der Waals surface area contributed by atoms with Crippen molar-refractivity contribution in [2.75, 3.05) is 26.0 Å². The van der Waals surface area contributed by atoms with Crippen LogP contribution in [-0.2, 0) is 9.53 Å². The molecule has 0 spiro atoms. The van der Waals surface area contributed by atoms with Gasteiger partial charge in [-0.05, 0) is 24.6 Å². The molecular weight excluding hydrogens is 338 g/mol. The molecule has 25 heavy (non-hydrogen) atoms. The van der Waals surface area contributed by atoms with Crippen LogP contribution in [-0.4, -0.2) is 41.9 Å². The number of methoxy groups -OCH3 is 1. The van der Waals surface area contributed by atoms with Gasteiger partial charge in [-0.15, -0.1) is 0 Å². The molecule has 7 heteroatoms. The normalized spacial score (nSPS) is 10.9. The molecule has 3 aromatic rings. The maximum Gasteiger partial charge on any atom is 0.230 e. The first-order valence-electron chi connectivity index (χ1n) is 7.97. The number of carbonyl (C=O) groups excluding carboxylic acids is 1. The predicted octanol–water partition coefficient (Wildman–Crippen LogP) is 3.13. The summed E-state index contributed by atoms with van der Waals surface area (Å²) in [7, 11) is 1.65. The van der Waals surface area contributed by atoms with E-state index in [9.17, 15) is 4.79 Å². The van der Waals surface area contributed by atoms with Crippen LogP contribution in [0.3, 0.4) is 0 Å². The number of nitrogens with one attached hydrogen (secondary N) is 1. The Labute approximate surface area is 150 Å².